The first-order chi connectivity index (χ1) is 11.2. The highest BCUT2D eigenvalue weighted by atomic mass is 32.2. The SMILES string of the molecule is Cn1nccc1CNC(=O)NCC1(N2CCSCC2)CCCC1. The molecule has 2 N–H and O–H groups in total. The largest absolute Gasteiger partial charge is 0.336 e. The molecule has 2 heterocycles. The Balaban J connectivity index is 1.50. The summed E-state index contributed by atoms with van der Waals surface area (Å²) in [6.07, 6.45) is 6.72. The number of aromatic nitrogens is 2. The second-order valence-electron chi connectivity index (χ2n) is 6.51. The Hall–Kier alpha value is -1.21. The summed E-state index contributed by atoms with van der Waals surface area (Å²) in [6.45, 7) is 3.58. The average Bonchev–Trinajstić information content (AvgIpc) is 3.22. The van der Waals surface area contributed by atoms with E-state index in [4.69, 9.17) is 0 Å². The van der Waals surface area contributed by atoms with Gasteiger partial charge in [-0.2, -0.15) is 16.9 Å². The highest BCUT2D eigenvalue weighted by Gasteiger charge is 2.40. The zero-order valence-electron chi connectivity index (χ0n) is 13.9. The van der Waals surface area contributed by atoms with Crippen LogP contribution in [0.3, 0.4) is 0 Å². The molecule has 23 heavy (non-hydrogen) atoms. The molecule has 0 aromatic carbocycles. The van der Waals surface area contributed by atoms with Crippen LogP contribution in [0.25, 0.3) is 0 Å². The van der Waals surface area contributed by atoms with Crippen LogP contribution < -0.4 is 10.6 Å². The van der Waals surface area contributed by atoms with E-state index in [1.165, 1.54) is 37.2 Å². The van der Waals surface area contributed by atoms with E-state index >= 15 is 0 Å². The van der Waals surface area contributed by atoms with E-state index in [2.05, 4.69) is 20.6 Å². The van der Waals surface area contributed by atoms with Crippen molar-refractivity contribution in [1.29, 1.82) is 0 Å². The lowest BCUT2D eigenvalue weighted by Gasteiger charge is -2.43. The lowest BCUT2D eigenvalue weighted by atomic mass is 9.94. The first-order valence-electron chi connectivity index (χ1n) is 8.51. The van der Waals surface area contributed by atoms with Gasteiger partial charge in [-0.3, -0.25) is 9.58 Å². The van der Waals surface area contributed by atoms with Crippen molar-refractivity contribution in [2.45, 2.75) is 37.8 Å². The third-order valence-corrected chi connectivity index (χ3v) is 6.09. The number of hydrogen-bond acceptors (Lipinski definition) is 4. The number of nitrogens with one attached hydrogen (secondary N) is 2. The number of urea groups is 1. The minimum atomic E-state index is -0.0798. The van der Waals surface area contributed by atoms with Crippen LogP contribution in [0, 0.1) is 0 Å². The summed E-state index contributed by atoms with van der Waals surface area (Å²) in [7, 11) is 1.89. The van der Waals surface area contributed by atoms with Crippen LogP contribution in [0.4, 0.5) is 4.79 Å². The maximum atomic E-state index is 12.2. The number of amides is 2. The molecule has 0 unspecified atom stereocenters. The molecule has 7 heteroatoms. The summed E-state index contributed by atoms with van der Waals surface area (Å²) >= 11 is 2.04. The summed E-state index contributed by atoms with van der Waals surface area (Å²) in [5, 5.41) is 10.2. The van der Waals surface area contributed by atoms with Crippen molar-refractivity contribution in [1.82, 2.24) is 25.3 Å². The summed E-state index contributed by atoms with van der Waals surface area (Å²) in [5.41, 5.74) is 1.19. The Labute approximate surface area is 142 Å². The molecule has 1 aromatic heterocycles. The number of carbonyl (C=O) groups is 1. The normalized spacial score (nSPS) is 21.3. The van der Waals surface area contributed by atoms with Gasteiger partial charge in [0.1, 0.15) is 0 Å². The number of thioether (sulfide) groups is 1. The zero-order chi connectivity index (χ0) is 16.1. The lowest BCUT2D eigenvalue weighted by molar-refractivity contribution is 0.104. The molecule has 3 rings (SSSR count). The van der Waals surface area contributed by atoms with Gasteiger partial charge >= 0.3 is 6.03 Å². The van der Waals surface area contributed by atoms with E-state index in [0.717, 1.165) is 25.3 Å². The van der Waals surface area contributed by atoms with Gasteiger partial charge < -0.3 is 10.6 Å². The van der Waals surface area contributed by atoms with Crippen molar-refractivity contribution in [3.8, 4) is 0 Å². The van der Waals surface area contributed by atoms with Gasteiger partial charge in [-0.15, -0.1) is 0 Å². The molecule has 0 radical (unpaired) electrons. The van der Waals surface area contributed by atoms with Crippen molar-refractivity contribution in [2.24, 2.45) is 7.05 Å². The van der Waals surface area contributed by atoms with Crippen molar-refractivity contribution >= 4 is 17.8 Å². The molecule has 6 nitrogen and oxygen atoms in total. The Bertz CT molecular complexity index is 520. The van der Waals surface area contributed by atoms with Gasteiger partial charge in [0.25, 0.3) is 0 Å². The topological polar surface area (TPSA) is 62.2 Å². The van der Waals surface area contributed by atoms with Gasteiger partial charge in [0.15, 0.2) is 0 Å². The van der Waals surface area contributed by atoms with E-state index in [-0.39, 0.29) is 11.6 Å². The number of rotatable bonds is 5. The molecule has 0 atom stereocenters. The van der Waals surface area contributed by atoms with E-state index in [1.807, 2.05) is 24.9 Å². The second kappa shape index (κ2) is 7.57. The Morgan fingerprint density at radius 1 is 1.30 bits per heavy atom. The maximum absolute atomic E-state index is 12.2. The van der Waals surface area contributed by atoms with E-state index in [9.17, 15) is 4.79 Å². The highest BCUT2D eigenvalue weighted by molar-refractivity contribution is 7.99. The molecule has 0 bridgehead atoms. The number of aryl methyl sites for hydroxylation is 1. The van der Waals surface area contributed by atoms with Crippen LogP contribution in [0.15, 0.2) is 12.3 Å². The molecule has 128 valence electrons. The van der Waals surface area contributed by atoms with Crippen molar-refractivity contribution in [3.63, 3.8) is 0 Å². The Kier molecular flexibility index (Phi) is 5.48. The van der Waals surface area contributed by atoms with Crippen molar-refractivity contribution in [2.75, 3.05) is 31.1 Å². The molecule has 0 spiro atoms. The molecule has 1 saturated carbocycles. The quantitative estimate of drug-likeness (QED) is 0.856. The Morgan fingerprint density at radius 2 is 2.04 bits per heavy atom. The van der Waals surface area contributed by atoms with Crippen LogP contribution in [-0.4, -0.2) is 57.4 Å². The van der Waals surface area contributed by atoms with Gasteiger partial charge in [-0.25, -0.2) is 4.79 Å². The van der Waals surface area contributed by atoms with Crippen LogP contribution in [0.5, 0.6) is 0 Å². The maximum Gasteiger partial charge on any atom is 0.315 e. The molecular weight excluding hydrogens is 310 g/mol. The summed E-state index contributed by atoms with van der Waals surface area (Å²) in [6, 6.07) is 1.84. The van der Waals surface area contributed by atoms with E-state index in [1.54, 1.807) is 10.9 Å². The second-order valence-corrected chi connectivity index (χ2v) is 7.74. The Morgan fingerprint density at radius 3 is 2.70 bits per heavy atom. The van der Waals surface area contributed by atoms with Gasteiger partial charge in [-0.1, -0.05) is 12.8 Å². The number of hydrogen-bond donors (Lipinski definition) is 2. The number of carbonyl (C=O) groups excluding carboxylic acids is 1. The fraction of sp³-hybridized carbons (Fsp3) is 0.750. The minimum absolute atomic E-state index is 0.0798. The minimum Gasteiger partial charge on any atom is -0.336 e. The average molecular weight is 337 g/mol. The fourth-order valence-corrected chi connectivity index (χ4v) is 4.63. The van der Waals surface area contributed by atoms with Gasteiger partial charge in [-0.05, 0) is 18.9 Å². The van der Waals surface area contributed by atoms with Gasteiger partial charge in [0.05, 0.1) is 12.2 Å². The summed E-state index contributed by atoms with van der Waals surface area (Å²) in [5.74, 6) is 2.43. The number of nitrogens with zero attached hydrogens (tertiary/aromatic N) is 3. The standard InChI is InChI=1S/C16H27N5OS/c1-20-14(4-7-19-20)12-17-15(22)18-13-16(5-2-3-6-16)21-8-10-23-11-9-21/h4,7H,2-3,5-6,8-13H2,1H3,(H2,17,18,22). The molecule has 2 amide bonds. The molecule has 2 fully saturated rings. The third-order valence-electron chi connectivity index (χ3n) is 5.15. The van der Waals surface area contributed by atoms with Crippen LogP contribution in [-0.2, 0) is 13.6 Å². The third kappa shape index (κ3) is 4.01. The molecule has 1 aliphatic carbocycles. The monoisotopic (exact) mass is 337 g/mol. The van der Waals surface area contributed by atoms with E-state index in [0.29, 0.717) is 6.54 Å². The summed E-state index contributed by atoms with van der Waals surface area (Å²) < 4.78 is 1.78. The zero-order valence-corrected chi connectivity index (χ0v) is 14.7. The lowest BCUT2D eigenvalue weighted by Crippen LogP contribution is -2.57. The molecule has 2 aliphatic rings. The first kappa shape index (κ1) is 16.6. The van der Waals surface area contributed by atoms with Gasteiger partial charge in [0.2, 0.25) is 0 Å². The van der Waals surface area contributed by atoms with Crippen molar-refractivity contribution in [3.05, 3.63) is 18.0 Å². The van der Waals surface area contributed by atoms with Crippen LogP contribution in [0.2, 0.25) is 0 Å². The molecule has 1 saturated heterocycles. The van der Waals surface area contributed by atoms with Crippen molar-refractivity contribution < 1.29 is 4.79 Å². The summed E-state index contributed by atoms with van der Waals surface area (Å²) in [4.78, 5) is 14.8. The predicted molar refractivity (Wildman–Crippen MR) is 93.5 cm³/mol. The van der Waals surface area contributed by atoms with Gasteiger partial charge in [0, 0.05) is 49.9 Å². The predicted octanol–water partition coefficient (Wildman–Crippen LogP) is 1.58. The van der Waals surface area contributed by atoms with Crippen LogP contribution in [0.1, 0.15) is 31.4 Å². The molecule has 1 aromatic rings. The highest BCUT2D eigenvalue weighted by Crippen LogP contribution is 2.36. The first-order valence-corrected chi connectivity index (χ1v) is 9.66. The van der Waals surface area contributed by atoms with Crippen LogP contribution >= 0.6 is 11.8 Å². The molecular formula is C16H27N5OS. The smallest absolute Gasteiger partial charge is 0.315 e. The van der Waals surface area contributed by atoms with E-state index < -0.39 is 0 Å². The molecule has 1 aliphatic heterocycles. The fourth-order valence-electron chi connectivity index (χ4n) is 3.73.